The first-order valence-corrected chi connectivity index (χ1v) is 7.37. The number of nitrogens with one attached hydrogen (secondary N) is 2. The van der Waals surface area contributed by atoms with Crippen molar-refractivity contribution in [2.24, 2.45) is 0 Å². The standard InChI is InChI=1S/C15H31N3O/c1-14(2,3)16-11-13(19)17-12-7-9-18(10-8-12)15(4,5)6/h12,16H,7-11H2,1-6H3,(H,17,19). The number of amides is 1. The van der Waals surface area contributed by atoms with Gasteiger partial charge in [0, 0.05) is 30.2 Å². The van der Waals surface area contributed by atoms with Crippen molar-refractivity contribution in [2.45, 2.75) is 71.5 Å². The number of hydrogen-bond donors (Lipinski definition) is 2. The number of nitrogens with zero attached hydrogens (tertiary/aromatic N) is 1. The molecule has 1 saturated heterocycles. The summed E-state index contributed by atoms with van der Waals surface area (Å²) in [6.07, 6.45) is 2.11. The fourth-order valence-electron chi connectivity index (χ4n) is 2.32. The number of carbonyl (C=O) groups excluding carboxylic acids is 1. The Morgan fingerprint density at radius 2 is 1.63 bits per heavy atom. The maximum absolute atomic E-state index is 11.8. The van der Waals surface area contributed by atoms with Gasteiger partial charge >= 0.3 is 0 Å². The van der Waals surface area contributed by atoms with Crippen molar-refractivity contribution in [3.63, 3.8) is 0 Å². The molecule has 19 heavy (non-hydrogen) atoms. The predicted octanol–water partition coefficient (Wildman–Crippen LogP) is 1.75. The number of rotatable bonds is 3. The minimum absolute atomic E-state index is 0.00701. The van der Waals surface area contributed by atoms with Crippen molar-refractivity contribution < 1.29 is 4.79 Å². The van der Waals surface area contributed by atoms with Gasteiger partial charge in [0.2, 0.25) is 5.91 Å². The van der Waals surface area contributed by atoms with Crippen LogP contribution in [0.1, 0.15) is 54.4 Å². The molecule has 0 bridgehead atoms. The molecule has 0 atom stereocenters. The monoisotopic (exact) mass is 269 g/mol. The van der Waals surface area contributed by atoms with Crippen LogP contribution in [0.4, 0.5) is 0 Å². The Hall–Kier alpha value is -0.610. The Bertz CT molecular complexity index is 293. The van der Waals surface area contributed by atoms with Gasteiger partial charge in [-0.25, -0.2) is 0 Å². The first-order chi connectivity index (χ1) is 8.58. The quantitative estimate of drug-likeness (QED) is 0.820. The molecule has 0 aromatic carbocycles. The van der Waals surface area contributed by atoms with Crippen molar-refractivity contribution in [1.29, 1.82) is 0 Å². The van der Waals surface area contributed by atoms with Crippen LogP contribution in [-0.4, -0.2) is 47.6 Å². The summed E-state index contributed by atoms with van der Waals surface area (Å²) < 4.78 is 0. The van der Waals surface area contributed by atoms with Crippen LogP contribution in [0.15, 0.2) is 0 Å². The smallest absolute Gasteiger partial charge is 0.234 e. The van der Waals surface area contributed by atoms with E-state index in [2.05, 4.69) is 57.1 Å². The van der Waals surface area contributed by atoms with Gasteiger partial charge in [-0.15, -0.1) is 0 Å². The average Bonchev–Trinajstić information content (AvgIpc) is 2.25. The molecule has 2 N–H and O–H groups in total. The molecule has 0 aromatic rings. The van der Waals surface area contributed by atoms with Gasteiger partial charge in [-0.3, -0.25) is 9.69 Å². The Balaban J connectivity index is 2.28. The number of carbonyl (C=O) groups is 1. The van der Waals surface area contributed by atoms with Gasteiger partial charge in [0.05, 0.1) is 6.54 Å². The highest BCUT2D eigenvalue weighted by atomic mass is 16.2. The zero-order chi connectivity index (χ0) is 14.7. The molecule has 1 heterocycles. The fraction of sp³-hybridized carbons (Fsp3) is 0.933. The SMILES string of the molecule is CC(C)(C)NCC(=O)NC1CCN(C(C)(C)C)CC1. The van der Waals surface area contributed by atoms with Crippen LogP contribution in [0.25, 0.3) is 0 Å². The maximum Gasteiger partial charge on any atom is 0.234 e. The first-order valence-electron chi connectivity index (χ1n) is 7.37. The highest BCUT2D eigenvalue weighted by Crippen LogP contribution is 2.19. The first kappa shape index (κ1) is 16.4. The lowest BCUT2D eigenvalue weighted by atomic mass is 9.98. The van der Waals surface area contributed by atoms with Gasteiger partial charge in [-0.2, -0.15) is 0 Å². The second kappa shape index (κ2) is 6.23. The molecule has 0 unspecified atom stereocenters. The molecule has 1 aliphatic rings. The van der Waals surface area contributed by atoms with Crippen molar-refractivity contribution in [1.82, 2.24) is 15.5 Å². The van der Waals surface area contributed by atoms with Gasteiger partial charge in [-0.1, -0.05) is 0 Å². The molecule has 1 amide bonds. The van der Waals surface area contributed by atoms with Gasteiger partial charge in [0.25, 0.3) is 0 Å². The van der Waals surface area contributed by atoms with Crippen molar-refractivity contribution in [2.75, 3.05) is 19.6 Å². The van der Waals surface area contributed by atoms with E-state index in [0.717, 1.165) is 25.9 Å². The molecule has 1 fully saturated rings. The summed E-state index contributed by atoms with van der Waals surface area (Å²) in [4.78, 5) is 14.3. The third-order valence-electron chi connectivity index (χ3n) is 3.59. The van der Waals surface area contributed by atoms with E-state index in [1.54, 1.807) is 0 Å². The normalized spacial score (nSPS) is 19.5. The highest BCUT2D eigenvalue weighted by Gasteiger charge is 2.27. The zero-order valence-corrected chi connectivity index (χ0v) is 13.5. The molecule has 4 heteroatoms. The molecule has 0 aliphatic carbocycles. The van der Waals surface area contributed by atoms with Crippen LogP contribution in [0.3, 0.4) is 0 Å². The molecule has 0 saturated carbocycles. The van der Waals surface area contributed by atoms with E-state index in [0.29, 0.717) is 12.6 Å². The fourth-order valence-corrected chi connectivity index (χ4v) is 2.32. The van der Waals surface area contributed by atoms with E-state index in [1.807, 2.05) is 0 Å². The Morgan fingerprint density at radius 3 is 2.05 bits per heavy atom. The van der Waals surface area contributed by atoms with Gasteiger partial charge in [0.1, 0.15) is 0 Å². The summed E-state index contributed by atoms with van der Waals surface area (Å²) in [5.41, 5.74) is 0.232. The highest BCUT2D eigenvalue weighted by molar-refractivity contribution is 5.78. The largest absolute Gasteiger partial charge is 0.352 e. The van der Waals surface area contributed by atoms with E-state index in [9.17, 15) is 4.79 Å². The second-order valence-corrected chi connectivity index (χ2v) is 7.60. The van der Waals surface area contributed by atoms with E-state index >= 15 is 0 Å². The molecule has 112 valence electrons. The average molecular weight is 269 g/mol. The summed E-state index contributed by atoms with van der Waals surface area (Å²) in [5.74, 6) is 0.115. The third-order valence-corrected chi connectivity index (χ3v) is 3.59. The van der Waals surface area contributed by atoms with Crippen LogP contribution in [0.5, 0.6) is 0 Å². The van der Waals surface area contributed by atoms with Crippen LogP contribution in [0, 0.1) is 0 Å². The van der Waals surface area contributed by atoms with E-state index in [4.69, 9.17) is 0 Å². The molecular formula is C15H31N3O. The van der Waals surface area contributed by atoms with Crippen molar-refractivity contribution >= 4 is 5.91 Å². The Kier molecular flexibility index (Phi) is 5.39. The summed E-state index contributed by atoms with van der Waals surface area (Å²) in [7, 11) is 0. The molecule has 1 rings (SSSR count). The summed E-state index contributed by atoms with van der Waals surface area (Å²) in [6, 6.07) is 0.341. The van der Waals surface area contributed by atoms with Gasteiger partial charge < -0.3 is 10.6 Å². The topological polar surface area (TPSA) is 44.4 Å². The lowest BCUT2D eigenvalue weighted by Crippen LogP contribution is -2.52. The Labute approximate surface area is 118 Å². The van der Waals surface area contributed by atoms with Gasteiger partial charge in [0.15, 0.2) is 0 Å². The molecule has 0 radical (unpaired) electrons. The lowest BCUT2D eigenvalue weighted by Gasteiger charge is -2.41. The molecule has 0 spiro atoms. The summed E-state index contributed by atoms with van der Waals surface area (Å²) in [6.45, 7) is 15.5. The molecule has 1 aliphatic heterocycles. The van der Waals surface area contributed by atoms with Gasteiger partial charge in [-0.05, 0) is 54.4 Å². The van der Waals surface area contributed by atoms with E-state index in [1.165, 1.54) is 0 Å². The molecule has 0 aromatic heterocycles. The second-order valence-electron chi connectivity index (χ2n) is 7.60. The number of likely N-dealkylation sites (tertiary alicyclic amines) is 1. The predicted molar refractivity (Wildman–Crippen MR) is 80.2 cm³/mol. The maximum atomic E-state index is 11.8. The van der Waals surface area contributed by atoms with E-state index < -0.39 is 0 Å². The minimum Gasteiger partial charge on any atom is -0.352 e. The zero-order valence-electron chi connectivity index (χ0n) is 13.5. The number of piperidine rings is 1. The summed E-state index contributed by atoms with van der Waals surface area (Å²) in [5, 5.41) is 6.36. The van der Waals surface area contributed by atoms with Crippen LogP contribution in [0.2, 0.25) is 0 Å². The van der Waals surface area contributed by atoms with Crippen LogP contribution >= 0.6 is 0 Å². The van der Waals surface area contributed by atoms with Crippen LogP contribution < -0.4 is 10.6 Å². The van der Waals surface area contributed by atoms with E-state index in [-0.39, 0.29) is 17.0 Å². The third kappa shape index (κ3) is 6.39. The minimum atomic E-state index is -0.00701. The van der Waals surface area contributed by atoms with Crippen LogP contribution in [-0.2, 0) is 4.79 Å². The Morgan fingerprint density at radius 1 is 1.11 bits per heavy atom. The lowest BCUT2D eigenvalue weighted by molar-refractivity contribution is -0.121. The molecular weight excluding hydrogens is 238 g/mol. The number of hydrogen-bond acceptors (Lipinski definition) is 3. The summed E-state index contributed by atoms with van der Waals surface area (Å²) >= 11 is 0. The molecule has 4 nitrogen and oxygen atoms in total. The van der Waals surface area contributed by atoms with Crippen molar-refractivity contribution in [3.8, 4) is 0 Å². The van der Waals surface area contributed by atoms with Crippen molar-refractivity contribution in [3.05, 3.63) is 0 Å².